The lowest BCUT2D eigenvalue weighted by molar-refractivity contribution is 0.00839. The van der Waals surface area contributed by atoms with Crippen LogP contribution in [0.4, 0.5) is 8.78 Å². The van der Waals surface area contributed by atoms with Crippen molar-refractivity contribution in [3.05, 3.63) is 29.3 Å². The Morgan fingerprint density at radius 1 is 1.15 bits per heavy atom. The van der Waals surface area contributed by atoms with E-state index in [4.69, 9.17) is 0 Å². The molecule has 2 aliphatic carbocycles. The molecule has 2 nitrogen and oxygen atoms in total. The number of fused-ring (bicyclic) bond motifs is 1. The van der Waals surface area contributed by atoms with Gasteiger partial charge in [0.05, 0.1) is 6.10 Å². The summed E-state index contributed by atoms with van der Waals surface area (Å²) in [5, 5.41) is 19.3. The van der Waals surface area contributed by atoms with Gasteiger partial charge in [-0.1, -0.05) is 13.0 Å². The van der Waals surface area contributed by atoms with Crippen molar-refractivity contribution in [2.45, 2.75) is 51.0 Å². The van der Waals surface area contributed by atoms with Gasteiger partial charge in [0.1, 0.15) is 0 Å². The number of aliphatic hydroxyl groups excluding tert-OH is 1. The Bertz CT molecular complexity index is 531. The summed E-state index contributed by atoms with van der Waals surface area (Å²) >= 11 is 0. The number of hydrogen-bond acceptors (Lipinski definition) is 2. The summed E-state index contributed by atoms with van der Waals surface area (Å²) in [4.78, 5) is 0. The lowest BCUT2D eigenvalue weighted by atomic mass is 9.64. The summed E-state index contributed by atoms with van der Waals surface area (Å²) in [6.45, 7) is 2.11. The Labute approximate surface area is 117 Å². The van der Waals surface area contributed by atoms with Crippen LogP contribution in [0.5, 0.6) is 5.75 Å². The van der Waals surface area contributed by atoms with E-state index >= 15 is 0 Å². The first-order chi connectivity index (χ1) is 9.43. The smallest absolute Gasteiger partial charge is 0.200 e. The predicted octanol–water partition coefficient (Wildman–Crippen LogP) is 3.72. The number of rotatable bonds is 1. The van der Waals surface area contributed by atoms with E-state index in [2.05, 4.69) is 6.92 Å². The second-order valence-corrected chi connectivity index (χ2v) is 6.57. The number of halogens is 2. The first-order valence-corrected chi connectivity index (χ1v) is 7.28. The largest absolute Gasteiger partial charge is 0.505 e. The molecule has 0 aromatic heterocycles. The van der Waals surface area contributed by atoms with Crippen LogP contribution >= 0.6 is 0 Å². The molecule has 2 saturated carbocycles. The fourth-order valence-corrected chi connectivity index (χ4v) is 4.15. The van der Waals surface area contributed by atoms with Gasteiger partial charge in [-0.15, -0.1) is 0 Å². The molecule has 0 radical (unpaired) electrons. The maximum atomic E-state index is 14.0. The highest BCUT2D eigenvalue weighted by molar-refractivity contribution is 5.32. The summed E-state index contributed by atoms with van der Waals surface area (Å²) in [5.41, 5.74) is 0.298. The maximum absolute atomic E-state index is 14.0. The Balaban J connectivity index is 1.86. The first kappa shape index (κ1) is 13.8. The second kappa shape index (κ2) is 4.69. The zero-order chi connectivity index (χ0) is 14.5. The number of phenolic OH excluding ortho intramolecular Hbond substituents is 1. The van der Waals surface area contributed by atoms with Crippen molar-refractivity contribution in [3.8, 4) is 5.75 Å². The molecule has 4 heteroatoms. The molecule has 0 aliphatic heterocycles. The molecule has 0 spiro atoms. The molecule has 1 unspecified atom stereocenters. The minimum atomic E-state index is -1.15. The lowest BCUT2D eigenvalue weighted by Crippen LogP contribution is -2.37. The highest BCUT2D eigenvalue weighted by Gasteiger charge is 2.49. The number of aromatic hydroxyl groups is 1. The van der Waals surface area contributed by atoms with Gasteiger partial charge in [-0.25, -0.2) is 4.39 Å². The van der Waals surface area contributed by atoms with E-state index in [9.17, 15) is 19.0 Å². The highest BCUT2D eigenvalue weighted by Crippen LogP contribution is 2.55. The Kier molecular flexibility index (Phi) is 3.24. The van der Waals surface area contributed by atoms with Crippen molar-refractivity contribution in [2.24, 2.45) is 11.3 Å². The second-order valence-electron chi connectivity index (χ2n) is 6.57. The minimum Gasteiger partial charge on any atom is -0.505 e. The van der Waals surface area contributed by atoms with Crippen LogP contribution in [-0.4, -0.2) is 16.3 Å². The molecule has 0 heterocycles. The number of benzene rings is 1. The standard InChI is InChI=1S/C16H20F2O2/c1-16-7-6-9(8-10(16)2-5-13(16)20)11-3-4-12(19)15(18)14(11)17/h3-4,9-10,13,19-20H,2,5-8H2,1H3/t9-,10?,13-,16-/m0/s1. The van der Waals surface area contributed by atoms with Gasteiger partial charge in [0.2, 0.25) is 5.82 Å². The van der Waals surface area contributed by atoms with Gasteiger partial charge in [0.15, 0.2) is 11.6 Å². The molecule has 0 amide bonds. The van der Waals surface area contributed by atoms with Crippen LogP contribution in [0.1, 0.15) is 50.5 Å². The van der Waals surface area contributed by atoms with Gasteiger partial charge < -0.3 is 10.2 Å². The van der Waals surface area contributed by atoms with E-state index in [0.717, 1.165) is 32.1 Å². The number of phenols is 1. The molecule has 0 saturated heterocycles. The Hall–Kier alpha value is -1.16. The summed E-state index contributed by atoms with van der Waals surface area (Å²) in [6.07, 6.45) is 3.87. The summed E-state index contributed by atoms with van der Waals surface area (Å²) in [7, 11) is 0. The fourth-order valence-electron chi connectivity index (χ4n) is 4.15. The van der Waals surface area contributed by atoms with Crippen LogP contribution in [0.3, 0.4) is 0 Å². The van der Waals surface area contributed by atoms with Gasteiger partial charge in [-0.05, 0) is 61.0 Å². The molecule has 0 bridgehead atoms. The maximum Gasteiger partial charge on any atom is 0.200 e. The van der Waals surface area contributed by atoms with E-state index in [1.54, 1.807) is 0 Å². The van der Waals surface area contributed by atoms with E-state index in [1.807, 2.05) is 0 Å². The summed E-state index contributed by atoms with van der Waals surface area (Å²) < 4.78 is 27.5. The molecule has 1 aromatic rings. The van der Waals surface area contributed by atoms with Crippen LogP contribution in [0, 0.1) is 23.0 Å². The van der Waals surface area contributed by atoms with Crippen LogP contribution in [-0.2, 0) is 0 Å². The van der Waals surface area contributed by atoms with Crippen molar-refractivity contribution >= 4 is 0 Å². The third kappa shape index (κ3) is 1.93. The molecule has 20 heavy (non-hydrogen) atoms. The normalized spacial score (nSPS) is 36.9. The topological polar surface area (TPSA) is 40.5 Å². The Morgan fingerprint density at radius 2 is 1.90 bits per heavy atom. The van der Waals surface area contributed by atoms with Gasteiger partial charge in [-0.2, -0.15) is 4.39 Å². The third-order valence-electron chi connectivity index (χ3n) is 5.61. The van der Waals surface area contributed by atoms with Crippen molar-refractivity contribution in [2.75, 3.05) is 0 Å². The monoisotopic (exact) mass is 282 g/mol. The van der Waals surface area contributed by atoms with E-state index < -0.39 is 17.4 Å². The summed E-state index contributed by atoms with van der Waals surface area (Å²) in [6, 6.07) is 2.72. The predicted molar refractivity (Wildman–Crippen MR) is 71.5 cm³/mol. The number of aliphatic hydroxyl groups is 1. The van der Waals surface area contributed by atoms with Crippen molar-refractivity contribution in [1.82, 2.24) is 0 Å². The van der Waals surface area contributed by atoms with E-state index in [-0.39, 0.29) is 17.4 Å². The lowest BCUT2D eigenvalue weighted by Gasteiger charge is -2.42. The molecular formula is C16H20F2O2. The van der Waals surface area contributed by atoms with E-state index in [0.29, 0.717) is 11.5 Å². The molecule has 4 atom stereocenters. The first-order valence-electron chi connectivity index (χ1n) is 7.28. The quantitative estimate of drug-likeness (QED) is 0.824. The van der Waals surface area contributed by atoms with Crippen molar-refractivity contribution in [1.29, 1.82) is 0 Å². The van der Waals surface area contributed by atoms with Crippen molar-refractivity contribution in [3.63, 3.8) is 0 Å². The van der Waals surface area contributed by atoms with Crippen LogP contribution < -0.4 is 0 Å². The molecule has 3 rings (SSSR count). The molecule has 2 N–H and O–H groups in total. The molecule has 2 aliphatic rings. The zero-order valence-electron chi connectivity index (χ0n) is 11.6. The minimum absolute atomic E-state index is 0.0199. The molecule has 2 fully saturated rings. The van der Waals surface area contributed by atoms with E-state index in [1.165, 1.54) is 12.1 Å². The molecular weight excluding hydrogens is 262 g/mol. The molecule has 110 valence electrons. The third-order valence-corrected chi connectivity index (χ3v) is 5.61. The summed E-state index contributed by atoms with van der Waals surface area (Å²) in [5.74, 6) is -2.36. The van der Waals surface area contributed by atoms with Crippen LogP contribution in [0.25, 0.3) is 0 Å². The highest BCUT2D eigenvalue weighted by atomic mass is 19.2. The van der Waals surface area contributed by atoms with Crippen LogP contribution in [0.15, 0.2) is 12.1 Å². The zero-order valence-corrected chi connectivity index (χ0v) is 11.6. The van der Waals surface area contributed by atoms with Gasteiger partial charge >= 0.3 is 0 Å². The molecule has 1 aromatic carbocycles. The average molecular weight is 282 g/mol. The van der Waals surface area contributed by atoms with Crippen molar-refractivity contribution < 1.29 is 19.0 Å². The fraction of sp³-hybridized carbons (Fsp3) is 0.625. The van der Waals surface area contributed by atoms with Gasteiger partial charge in [0.25, 0.3) is 0 Å². The van der Waals surface area contributed by atoms with Gasteiger partial charge in [0, 0.05) is 0 Å². The van der Waals surface area contributed by atoms with Crippen LogP contribution in [0.2, 0.25) is 0 Å². The SMILES string of the molecule is C[C@]12CC[C@H](c3ccc(O)c(F)c3F)CC1CC[C@@H]2O. The average Bonchev–Trinajstić information content (AvgIpc) is 2.72. The number of hydrogen-bond donors (Lipinski definition) is 2. The van der Waals surface area contributed by atoms with Gasteiger partial charge in [-0.3, -0.25) is 0 Å². The Morgan fingerprint density at radius 3 is 2.65 bits per heavy atom.